The van der Waals surface area contributed by atoms with Crippen LogP contribution < -0.4 is 0 Å². The van der Waals surface area contributed by atoms with Crippen molar-refractivity contribution >= 4 is 17.8 Å². The number of ketones is 1. The van der Waals surface area contributed by atoms with Gasteiger partial charge in [0.15, 0.2) is 5.78 Å². The van der Waals surface area contributed by atoms with E-state index >= 15 is 0 Å². The Morgan fingerprint density at radius 1 is 1.17 bits per heavy atom. The van der Waals surface area contributed by atoms with Gasteiger partial charge in [0, 0.05) is 0 Å². The quantitative estimate of drug-likeness (QED) is 0.788. The second kappa shape index (κ2) is 6.13. The maximum atomic E-state index is 12.6. The minimum atomic E-state index is -1.22. The van der Waals surface area contributed by atoms with Crippen molar-refractivity contribution in [1.82, 2.24) is 4.90 Å². The average Bonchev–Trinajstić information content (AvgIpc) is 2.57. The molecule has 23 heavy (non-hydrogen) atoms. The Kier molecular flexibility index (Phi) is 5.19. The number of Topliss-reactive ketones (excluding diaryl/α,β-unsaturated/α-hetero) is 1. The lowest BCUT2D eigenvalue weighted by atomic mass is 9.73. The topological polar surface area (TPSA) is 83.9 Å². The highest BCUT2D eigenvalue weighted by Gasteiger charge is 2.56. The van der Waals surface area contributed by atoms with Crippen molar-refractivity contribution in [3.05, 3.63) is 0 Å². The zero-order valence-corrected chi connectivity index (χ0v) is 15.3. The number of carboxylic acids is 1. The highest BCUT2D eigenvalue weighted by atomic mass is 16.6. The predicted molar refractivity (Wildman–Crippen MR) is 86.1 cm³/mol. The molecular weight excluding hydrogens is 298 g/mol. The van der Waals surface area contributed by atoms with Crippen LogP contribution in [0, 0.1) is 17.3 Å². The van der Waals surface area contributed by atoms with E-state index in [0.717, 1.165) is 0 Å². The molecule has 0 aromatic rings. The molecule has 0 saturated carbocycles. The Balaban J connectivity index is 3.31. The van der Waals surface area contributed by atoms with E-state index in [-0.39, 0.29) is 11.3 Å². The fraction of sp³-hybridized carbons (Fsp3) is 0.824. The third kappa shape index (κ3) is 4.03. The Morgan fingerprint density at radius 2 is 1.65 bits per heavy atom. The van der Waals surface area contributed by atoms with Gasteiger partial charge < -0.3 is 9.84 Å². The van der Waals surface area contributed by atoms with Crippen LogP contribution in [-0.4, -0.2) is 45.5 Å². The lowest BCUT2D eigenvalue weighted by Crippen LogP contribution is -2.50. The molecular formula is C17H29NO5. The van der Waals surface area contributed by atoms with Gasteiger partial charge in [0.05, 0.1) is 12.1 Å². The molecule has 1 heterocycles. The summed E-state index contributed by atoms with van der Waals surface area (Å²) < 4.78 is 5.40. The third-order valence-electron chi connectivity index (χ3n) is 4.55. The number of nitrogens with zero attached hydrogens (tertiary/aromatic N) is 1. The van der Waals surface area contributed by atoms with Crippen molar-refractivity contribution in [2.45, 2.75) is 73.1 Å². The first kappa shape index (κ1) is 19.5. The molecule has 132 valence electrons. The van der Waals surface area contributed by atoms with Gasteiger partial charge in [0.25, 0.3) is 0 Å². The van der Waals surface area contributed by atoms with Crippen LogP contribution in [0.25, 0.3) is 0 Å². The smallest absolute Gasteiger partial charge is 0.411 e. The molecule has 1 aliphatic rings. The largest absolute Gasteiger partial charge is 0.481 e. The SMILES string of the molecule is CC1C(=O)C(C(=O)O)C(C(C)C(C)(C)C)N1C(=O)OC(C)(C)C. The molecule has 6 nitrogen and oxygen atoms in total. The van der Waals surface area contributed by atoms with Crippen LogP contribution in [0.1, 0.15) is 55.4 Å². The minimum Gasteiger partial charge on any atom is -0.481 e. The van der Waals surface area contributed by atoms with Crippen LogP contribution in [0.5, 0.6) is 0 Å². The van der Waals surface area contributed by atoms with Crippen LogP contribution in [0.2, 0.25) is 0 Å². The Bertz CT molecular complexity index is 500. The summed E-state index contributed by atoms with van der Waals surface area (Å²) in [5, 5.41) is 9.52. The number of rotatable bonds is 2. The zero-order chi connectivity index (χ0) is 18.3. The van der Waals surface area contributed by atoms with Gasteiger partial charge in [-0.15, -0.1) is 0 Å². The second-order valence-corrected chi connectivity index (χ2v) is 8.43. The molecule has 1 amide bonds. The molecule has 0 bridgehead atoms. The van der Waals surface area contributed by atoms with Crippen LogP contribution in [0.3, 0.4) is 0 Å². The Hall–Kier alpha value is -1.59. The summed E-state index contributed by atoms with van der Waals surface area (Å²) in [5.74, 6) is -3.03. The minimum absolute atomic E-state index is 0.190. The van der Waals surface area contributed by atoms with Gasteiger partial charge in [-0.1, -0.05) is 27.7 Å². The lowest BCUT2D eigenvalue weighted by molar-refractivity contribution is -0.146. The van der Waals surface area contributed by atoms with Crippen molar-refractivity contribution in [1.29, 1.82) is 0 Å². The van der Waals surface area contributed by atoms with Gasteiger partial charge in [-0.05, 0) is 39.0 Å². The first-order chi connectivity index (χ1) is 10.2. The molecule has 4 unspecified atom stereocenters. The normalized spacial score (nSPS) is 27.0. The summed E-state index contributed by atoms with van der Waals surface area (Å²) in [5.41, 5.74) is -0.973. The molecule has 1 N–H and O–H groups in total. The molecule has 1 fully saturated rings. The highest BCUT2D eigenvalue weighted by molar-refractivity contribution is 6.05. The second-order valence-electron chi connectivity index (χ2n) is 8.43. The van der Waals surface area contributed by atoms with Crippen LogP contribution in [-0.2, 0) is 14.3 Å². The molecule has 1 rings (SSSR count). The molecule has 0 aliphatic carbocycles. The van der Waals surface area contributed by atoms with Gasteiger partial charge >= 0.3 is 12.1 Å². The number of carboxylic acid groups (broad SMARTS) is 1. The molecule has 4 atom stereocenters. The van der Waals surface area contributed by atoms with Crippen molar-refractivity contribution in [3.63, 3.8) is 0 Å². The monoisotopic (exact) mass is 327 g/mol. The number of carbonyl (C=O) groups is 3. The van der Waals surface area contributed by atoms with Gasteiger partial charge in [-0.25, -0.2) is 4.79 Å². The molecule has 1 aliphatic heterocycles. The first-order valence-corrected chi connectivity index (χ1v) is 7.96. The fourth-order valence-corrected chi connectivity index (χ4v) is 2.89. The first-order valence-electron chi connectivity index (χ1n) is 7.96. The van der Waals surface area contributed by atoms with Crippen molar-refractivity contribution in [2.75, 3.05) is 0 Å². The van der Waals surface area contributed by atoms with E-state index < -0.39 is 41.4 Å². The number of ether oxygens (including phenoxy) is 1. The zero-order valence-electron chi connectivity index (χ0n) is 15.3. The summed E-state index contributed by atoms with van der Waals surface area (Å²) in [6.45, 7) is 14.6. The number of hydrogen-bond acceptors (Lipinski definition) is 4. The van der Waals surface area contributed by atoms with Crippen LogP contribution >= 0.6 is 0 Å². The predicted octanol–water partition coefficient (Wildman–Crippen LogP) is 2.95. The maximum absolute atomic E-state index is 12.6. The van der Waals surface area contributed by atoms with Crippen LogP contribution in [0.4, 0.5) is 4.79 Å². The van der Waals surface area contributed by atoms with E-state index in [1.807, 2.05) is 27.7 Å². The molecule has 1 saturated heterocycles. The van der Waals surface area contributed by atoms with E-state index in [1.54, 1.807) is 27.7 Å². The number of carbonyl (C=O) groups excluding carboxylic acids is 2. The van der Waals surface area contributed by atoms with Crippen LogP contribution in [0.15, 0.2) is 0 Å². The van der Waals surface area contributed by atoms with E-state index in [4.69, 9.17) is 4.74 Å². The fourth-order valence-electron chi connectivity index (χ4n) is 2.89. The van der Waals surface area contributed by atoms with Gasteiger partial charge in [0.2, 0.25) is 0 Å². The molecule has 0 spiro atoms. The Morgan fingerprint density at radius 3 is 2.00 bits per heavy atom. The number of amides is 1. The van der Waals surface area contributed by atoms with Gasteiger partial charge in [-0.3, -0.25) is 14.5 Å². The van der Waals surface area contributed by atoms with Crippen molar-refractivity contribution in [2.24, 2.45) is 17.3 Å². The summed E-state index contributed by atoms with van der Waals surface area (Å²) in [4.78, 5) is 38.0. The summed E-state index contributed by atoms with van der Waals surface area (Å²) in [6.07, 6.45) is -0.636. The van der Waals surface area contributed by atoms with E-state index in [0.29, 0.717) is 0 Å². The number of hydrogen-bond donors (Lipinski definition) is 1. The summed E-state index contributed by atoms with van der Waals surface area (Å²) in [6, 6.07) is -1.52. The highest BCUT2D eigenvalue weighted by Crippen LogP contribution is 2.40. The third-order valence-corrected chi connectivity index (χ3v) is 4.55. The molecule has 0 aromatic heterocycles. The molecule has 6 heteroatoms. The summed E-state index contributed by atoms with van der Waals surface area (Å²) >= 11 is 0. The van der Waals surface area contributed by atoms with E-state index in [1.165, 1.54) is 4.90 Å². The van der Waals surface area contributed by atoms with E-state index in [9.17, 15) is 19.5 Å². The summed E-state index contributed by atoms with van der Waals surface area (Å²) in [7, 11) is 0. The number of aliphatic carboxylic acids is 1. The van der Waals surface area contributed by atoms with Gasteiger partial charge in [0.1, 0.15) is 11.5 Å². The van der Waals surface area contributed by atoms with Gasteiger partial charge in [-0.2, -0.15) is 0 Å². The molecule has 0 radical (unpaired) electrons. The maximum Gasteiger partial charge on any atom is 0.411 e. The average molecular weight is 327 g/mol. The Labute approximate surface area is 138 Å². The standard InChI is InChI=1S/C17H29NO5/c1-9(16(3,4)5)12-11(14(20)21)13(19)10(2)18(12)15(22)23-17(6,7)8/h9-12H,1-8H3,(H,20,21). The number of likely N-dealkylation sites (tertiary alicyclic amines) is 1. The molecule has 0 aromatic carbocycles. The van der Waals surface area contributed by atoms with Crippen molar-refractivity contribution < 1.29 is 24.2 Å². The lowest BCUT2D eigenvalue weighted by Gasteiger charge is -2.39. The van der Waals surface area contributed by atoms with E-state index in [2.05, 4.69) is 0 Å². The van der Waals surface area contributed by atoms with Crippen molar-refractivity contribution in [3.8, 4) is 0 Å².